The third-order valence-electron chi connectivity index (χ3n) is 4.52. The molecule has 3 atom stereocenters. The zero-order valence-electron chi connectivity index (χ0n) is 11.9. The summed E-state index contributed by atoms with van der Waals surface area (Å²) in [4.78, 5) is 25.1. The van der Waals surface area contributed by atoms with E-state index in [-0.39, 0.29) is 11.8 Å². The summed E-state index contributed by atoms with van der Waals surface area (Å²) >= 11 is 0. The van der Waals surface area contributed by atoms with Crippen LogP contribution in [0.15, 0.2) is 0 Å². The van der Waals surface area contributed by atoms with Gasteiger partial charge in [-0.15, -0.1) is 0 Å². The lowest BCUT2D eigenvalue weighted by Gasteiger charge is -2.27. The van der Waals surface area contributed by atoms with Crippen molar-refractivity contribution in [2.24, 2.45) is 23.2 Å². The summed E-state index contributed by atoms with van der Waals surface area (Å²) < 4.78 is 5.41. The molecule has 1 aliphatic carbocycles. The highest BCUT2D eigenvalue weighted by Gasteiger charge is 2.66. The Labute approximate surface area is 113 Å². The summed E-state index contributed by atoms with van der Waals surface area (Å²) in [5.74, 6) is -1.43. The van der Waals surface area contributed by atoms with Gasteiger partial charge in [-0.05, 0) is 24.2 Å². The highest BCUT2D eigenvalue weighted by molar-refractivity contribution is 5.91. The van der Waals surface area contributed by atoms with E-state index in [1.807, 2.05) is 13.8 Å². The number of nitrogens with zero attached hydrogens (tertiary/aromatic N) is 1. The number of rotatable bonds is 4. The minimum atomic E-state index is -0.863. The normalized spacial score (nSPS) is 32.7. The minimum absolute atomic E-state index is 0.0389. The molecule has 2 aliphatic rings. The molecule has 5 nitrogen and oxygen atoms in total. The van der Waals surface area contributed by atoms with Crippen LogP contribution in [0.25, 0.3) is 0 Å². The Kier molecular flexibility index (Phi) is 3.85. The van der Waals surface area contributed by atoms with Crippen LogP contribution >= 0.6 is 0 Å². The van der Waals surface area contributed by atoms with Crippen molar-refractivity contribution in [1.82, 2.24) is 4.90 Å². The van der Waals surface area contributed by atoms with Gasteiger partial charge in [0, 0.05) is 20.2 Å². The fraction of sp³-hybridized carbons (Fsp3) is 0.857. The zero-order valence-corrected chi connectivity index (χ0v) is 11.9. The van der Waals surface area contributed by atoms with Crippen molar-refractivity contribution in [2.75, 3.05) is 26.8 Å². The first-order valence-corrected chi connectivity index (χ1v) is 6.91. The fourth-order valence-electron chi connectivity index (χ4n) is 3.23. The van der Waals surface area contributed by atoms with Crippen molar-refractivity contribution in [2.45, 2.75) is 26.7 Å². The van der Waals surface area contributed by atoms with Crippen LogP contribution in [0.2, 0.25) is 0 Å². The molecule has 0 aromatic heterocycles. The van der Waals surface area contributed by atoms with Crippen LogP contribution < -0.4 is 0 Å². The van der Waals surface area contributed by atoms with Crippen LogP contribution in [0.3, 0.4) is 0 Å². The lowest BCUT2D eigenvalue weighted by atomic mass is 10.0. The first kappa shape index (κ1) is 14.3. The third kappa shape index (κ3) is 2.76. The molecule has 5 heteroatoms. The summed E-state index contributed by atoms with van der Waals surface area (Å²) in [6.07, 6.45) is 2.12. The summed E-state index contributed by atoms with van der Waals surface area (Å²) in [5, 5.41) is 9.12. The van der Waals surface area contributed by atoms with Gasteiger partial charge in [0.25, 0.3) is 0 Å². The van der Waals surface area contributed by atoms with E-state index in [4.69, 9.17) is 9.84 Å². The molecule has 0 radical (unpaired) electrons. The quantitative estimate of drug-likeness (QED) is 0.833. The van der Waals surface area contributed by atoms with E-state index < -0.39 is 17.3 Å². The Balaban J connectivity index is 1.91. The SMILES string of the molecule is CN(CC1CCCOC1)C(=O)[C@H]1[C@@H](C(=O)O)C1(C)C. The number of hydrogen-bond donors (Lipinski definition) is 1. The first-order valence-electron chi connectivity index (χ1n) is 6.91. The number of ether oxygens (including phenoxy) is 1. The molecule has 0 bridgehead atoms. The highest BCUT2D eigenvalue weighted by atomic mass is 16.5. The number of carbonyl (C=O) groups is 2. The Morgan fingerprint density at radius 2 is 2.05 bits per heavy atom. The zero-order chi connectivity index (χ0) is 14.2. The van der Waals surface area contributed by atoms with Crippen LogP contribution in [0, 0.1) is 23.2 Å². The molecule has 1 saturated heterocycles. The van der Waals surface area contributed by atoms with Crippen LogP contribution in [0.5, 0.6) is 0 Å². The summed E-state index contributed by atoms with van der Waals surface area (Å²) in [6.45, 7) is 5.88. The van der Waals surface area contributed by atoms with Crippen LogP contribution in [0.4, 0.5) is 0 Å². The highest BCUT2D eigenvalue weighted by Crippen LogP contribution is 2.58. The van der Waals surface area contributed by atoms with E-state index in [0.29, 0.717) is 19.1 Å². The van der Waals surface area contributed by atoms with E-state index in [0.717, 1.165) is 19.4 Å². The number of hydrogen-bond acceptors (Lipinski definition) is 3. The maximum atomic E-state index is 12.3. The number of carboxylic acid groups (broad SMARTS) is 1. The maximum Gasteiger partial charge on any atom is 0.307 e. The van der Waals surface area contributed by atoms with Crippen molar-refractivity contribution in [3.63, 3.8) is 0 Å². The Bertz CT molecular complexity index is 374. The molecular weight excluding hydrogens is 246 g/mol. The Hall–Kier alpha value is -1.10. The Morgan fingerprint density at radius 3 is 2.53 bits per heavy atom. The number of aliphatic carboxylic acids is 1. The predicted octanol–water partition coefficient (Wildman–Crippen LogP) is 1.23. The smallest absolute Gasteiger partial charge is 0.307 e. The average Bonchev–Trinajstić information content (AvgIpc) is 2.92. The van der Waals surface area contributed by atoms with Gasteiger partial charge < -0.3 is 14.7 Å². The molecule has 0 aromatic carbocycles. The van der Waals surface area contributed by atoms with Crippen LogP contribution in [-0.4, -0.2) is 48.7 Å². The lowest BCUT2D eigenvalue weighted by Crippen LogP contribution is -2.36. The molecule has 19 heavy (non-hydrogen) atoms. The molecule has 2 fully saturated rings. The summed E-state index contributed by atoms with van der Waals surface area (Å²) in [7, 11) is 1.77. The second-order valence-corrected chi connectivity index (χ2v) is 6.42. The molecule has 108 valence electrons. The third-order valence-corrected chi connectivity index (χ3v) is 4.52. The molecule has 1 unspecified atom stereocenters. The minimum Gasteiger partial charge on any atom is -0.481 e. The van der Waals surface area contributed by atoms with E-state index in [9.17, 15) is 9.59 Å². The van der Waals surface area contributed by atoms with E-state index in [1.165, 1.54) is 0 Å². The van der Waals surface area contributed by atoms with Gasteiger partial charge in [-0.3, -0.25) is 9.59 Å². The number of amides is 1. The van der Waals surface area contributed by atoms with Gasteiger partial charge in [0.1, 0.15) is 0 Å². The van der Waals surface area contributed by atoms with Gasteiger partial charge in [-0.2, -0.15) is 0 Å². The van der Waals surface area contributed by atoms with Gasteiger partial charge in [-0.25, -0.2) is 0 Å². The molecule has 1 heterocycles. The standard InChI is InChI=1S/C14H23NO4/c1-14(2)10(11(14)13(17)18)12(16)15(3)7-9-5-4-6-19-8-9/h9-11H,4-8H2,1-3H3,(H,17,18)/t9?,10-,11+/m1/s1. The topological polar surface area (TPSA) is 66.8 Å². The van der Waals surface area contributed by atoms with Gasteiger partial charge in [0.2, 0.25) is 5.91 Å². The maximum absolute atomic E-state index is 12.3. The molecule has 1 aliphatic heterocycles. The van der Waals surface area contributed by atoms with Gasteiger partial charge >= 0.3 is 5.97 Å². The van der Waals surface area contributed by atoms with Gasteiger partial charge in [0.15, 0.2) is 0 Å². The van der Waals surface area contributed by atoms with Crippen LogP contribution in [0.1, 0.15) is 26.7 Å². The second kappa shape index (κ2) is 5.12. The molecule has 0 aromatic rings. The largest absolute Gasteiger partial charge is 0.481 e. The van der Waals surface area contributed by atoms with Gasteiger partial charge in [0.05, 0.1) is 18.4 Å². The first-order chi connectivity index (χ1) is 8.85. The molecule has 1 N–H and O–H groups in total. The summed E-state index contributed by atoms with van der Waals surface area (Å²) in [5.41, 5.74) is -0.416. The van der Waals surface area contributed by atoms with Gasteiger partial charge in [-0.1, -0.05) is 13.8 Å². The molecule has 0 spiro atoms. The van der Waals surface area contributed by atoms with Crippen molar-refractivity contribution in [3.05, 3.63) is 0 Å². The van der Waals surface area contributed by atoms with Crippen molar-refractivity contribution < 1.29 is 19.4 Å². The Morgan fingerprint density at radius 1 is 1.37 bits per heavy atom. The fourth-order valence-corrected chi connectivity index (χ4v) is 3.23. The molecule has 1 saturated carbocycles. The lowest BCUT2D eigenvalue weighted by molar-refractivity contribution is -0.142. The molecule has 2 rings (SSSR count). The molecular formula is C14H23NO4. The van der Waals surface area contributed by atoms with Crippen LogP contribution in [-0.2, 0) is 14.3 Å². The summed E-state index contributed by atoms with van der Waals surface area (Å²) in [6, 6.07) is 0. The van der Waals surface area contributed by atoms with E-state index >= 15 is 0 Å². The predicted molar refractivity (Wildman–Crippen MR) is 69.6 cm³/mol. The van der Waals surface area contributed by atoms with Crippen molar-refractivity contribution in [1.29, 1.82) is 0 Å². The number of carbonyl (C=O) groups excluding carboxylic acids is 1. The monoisotopic (exact) mass is 269 g/mol. The second-order valence-electron chi connectivity index (χ2n) is 6.42. The van der Waals surface area contributed by atoms with Crippen molar-refractivity contribution in [3.8, 4) is 0 Å². The van der Waals surface area contributed by atoms with Crippen molar-refractivity contribution >= 4 is 11.9 Å². The molecule has 1 amide bonds. The average molecular weight is 269 g/mol. The number of carboxylic acids is 1. The van der Waals surface area contributed by atoms with E-state index in [2.05, 4.69) is 0 Å². The van der Waals surface area contributed by atoms with E-state index in [1.54, 1.807) is 11.9 Å².